The van der Waals surface area contributed by atoms with E-state index in [1.807, 2.05) is 13.0 Å². The number of nitrogens with zero attached hydrogens (tertiary/aromatic N) is 2. The molecule has 0 saturated carbocycles. The summed E-state index contributed by atoms with van der Waals surface area (Å²) in [5.74, 6) is 0.968. The van der Waals surface area contributed by atoms with Gasteiger partial charge in [0.25, 0.3) is 5.91 Å². The molecule has 0 atom stereocenters. The predicted octanol–water partition coefficient (Wildman–Crippen LogP) is 3.18. The molecule has 1 aliphatic rings. The average Bonchev–Trinajstić information content (AvgIpc) is 2.72. The first-order chi connectivity index (χ1) is 13.8. The van der Waals surface area contributed by atoms with Crippen LogP contribution in [0.4, 0.5) is 0 Å². The minimum Gasteiger partial charge on any atom is -0.493 e. The number of hydrogen-bond acceptors (Lipinski definition) is 4. The third-order valence-corrected chi connectivity index (χ3v) is 6.76. The number of carbonyl (C=O) groups is 1. The molecule has 2 aromatic carbocycles. The van der Waals surface area contributed by atoms with Gasteiger partial charge >= 0.3 is 0 Å². The SMILES string of the molecule is Cc1ccc(S(=O)(=O)N2CCN(C(=O)c3cccc(OCC(C)C)c3)CC2)cc1. The summed E-state index contributed by atoms with van der Waals surface area (Å²) in [6.07, 6.45) is 0. The first-order valence-electron chi connectivity index (χ1n) is 9.86. The smallest absolute Gasteiger partial charge is 0.254 e. The van der Waals surface area contributed by atoms with Crippen molar-refractivity contribution >= 4 is 15.9 Å². The summed E-state index contributed by atoms with van der Waals surface area (Å²) in [5.41, 5.74) is 1.57. The minimum absolute atomic E-state index is 0.104. The highest BCUT2D eigenvalue weighted by molar-refractivity contribution is 7.89. The Morgan fingerprint density at radius 3 is 2.31 bits per heavy atom. The van der Waals surface area contributed by atoms with Crippen molar-refractivity contribution in [2.75, 3.05) is 32.8 Å². The summed E-state index contributed by atoms with van der Waals surface area (Å²) in [7, 11) is -3.54. The molecule has 0 aromatic heterocycles. The molecular weight excluding hydrogens is 388 g/mol. The molecule has 1 fully saturated rings. The standard InChI is InChI=1S/C22H28N2O4S/c1-17(2)16-28-20-6-4-5-19(15-20)22(25)23-11-13-24(14-12-23)29(26,27)21-9-7-18(3)8-10-21/h4-10,15,17H,11-14,16H2,1-3H3. The molecule has 1 heterocycles. The summed E-state index contributed by atoms with van der Waals surface area (Å²) in [4.78, 5) is 14.8. The molecule has 7 heteroatoms. The number of carbonyl (C=O) groups excluding carboxylic acids is 1. The van der Waals surface area contributed by atoms with Gasteiger partial charge in [0.2, 0.25) is 10.0 Å². The fourth-order valence-corrected chi connectivity index (χ4v) is 4.58. The molecular formula is C22H28N2O4S. The lowest BCUT2D eigenvalue weighted by molar-refractivity contribution is 0.0697. The van der Waals surface area contributed by atoms with Crippen molar-refractivity contribution in [1.82, 2.24) is 9.21 Å². The zero-order valence-corrected chi connectivity index (χ0v) is 18.0. The van der Waals surface area contributed by atoms with Crippen LogP contribution in [0.1, 0.15) is 29.8 Å². The Bertz CT molecular complexity index is 947. The second kappa shape index (κ2) is 8.97. The molecule has 1 amide bonds. The molecule has 6 nitrogen and oxygen atoms in total. The Balaban J connectivity index is 1.64. The van der Waals surface area contributed by atoms with Crippen LogP contribution in [0.25, 0.3) is 0 Å². The van der Waals surface area contributed by atoms with E-state index < -0.39 is 10.0 Å². The van der Waals surface area contributed by atoms with Crippen LogP contribution < -0.4 is 4.74 Å². The number of benzene rings is 2. The molecule has 1 saturated heterocycles. The topological polar surface area (TPSA) is 66.9 Å². The molecule has 0 N–H and O–H groups in total. The zero-order chi connectivity index (χ0) is 21.0. The Morgan fingerprint density at radius 1 is 1.03 bits per heavy atom. The van der Waals surface area contributed by atoms with Crippen molar-refractivity contribution in [3.63, 3.8) is 0 Å². The van der Waals surface area contributed by atoms with E-state index in [0.29, 0.717) is 36.9 Å². The summed E-state index contributed by atoms with van der Waals surface area (Å²) in [6, 6.07) is 14.0. The first kappa shape index (κ1) is 21.3. The van der Waals surface area contributed by atoms with E-state index in [9.17, 15) is 13.2 Å². The predicted molar refractivity (Wildman–Crippen MR) is 113 cm³/mol. The molecule has 0 aliphatic carbocycles. The number of aryl methyl sites for hydroxylation is 1. The number of sulfonamides is 1. The molecule has 2 aromatic rings. The van der Waals surface area contributed by atoms with Crippen molar-refractivity contribution in [3.05, 3.63) is 59.7 Å². The number of rotatable bonds is 6. The monoisotopic (exact) mass is 416 g/mol. The van der Waals surface area contributed by atoms with E-state index in [4.69, 9.17) is 4.74 Å². The van der Waals surface area contributed by atoms with E-state index >= 15 is 0 Å². The number of hydrogen-bond donors (Lipinski definition) is 0. The van der Waals surface area contributed by atoms with Gasteiger partial charge in [-0.2, -0.15) is 4.31 Å². The summed E-state index contributed by atoms with van der Waals surface area (Å²) >= 11 is 0. The number of amides is 1. The fraction of sp³-hybridized carbons (Fsp3) is 0.409. The van der Waals surface area contributed by atoms with Crippen LogP contribution in [0.2, 0.25) is 0 Å². The zero-order valence-electron chi connectivity index (χ0n) is 17.2. The van der Waals surface area contributed by atoms with Gasteiger partial charge in [0.15, 0.2) is 0 Å². The maximum Gasteiger partial charge on any atom is 0.254 e. The highest BCUT2D eigenvalue weighted by Gasteiger charge is 2.30. The van der Waals surface area contributed by atoms with E-state index in [1.165, 1.54) is 4.31 Å². The number of ether oxygens (including phenoxy) is 1. The first-order valence-corrected chi connectivity index (χ1v) is 11.3. The maximum absolute atomic E-state index is 12.9. The third-order valence-electron chi connectivity index (χ3n) is 4.85. The molecule has 0 spiro atoms. The van der Waals surface area contributed by atoms with Crippen LogP contribution in [0.15, 0.2) is 53.4 Å². The summed E-state index contributed by atoms with van der Waals surface area (Å²) in [5, 5.41) is 0. The highest BCUT2D eigenvalue weighted by atomic mass is 32.2. The lowest BCUT2D eigenvalue weighted by Crippen LogP contribution is -2.50. The Morgan fingerprint density at radius 2 is 1.69 bits per heavy atom. The van der Waals surface area contributed by atoms with Gasteiger partial charge in [-0.25, -0.2) is 8.42 Å². The van der Waals surface area contributed by atoms with Crippen LogP contribution in [0, 0.1) is 12.8 Å². The summed E-state index contributed by atoms with van der Waals surface area (Å²) < 4.78 is 32.8. The van der Waals surface area contributed by atoms with Gasteiger partial charge in [0, 0.05) is 31.7 Å². The largest absolute Gasteiger partial charge is 0.493 e. The molecule has 0 bridgehead atoms. The normalized spacial score (nSPS) is 15.5. The van der Waals surface area contributed by atoms with Gasteiger partial charge in [0.1, 0.15) is 5.75 Å². The molecule has 0 unspecified atom stereocenters. The van der Waals surface area contributed by atoms with Crippen LogP contribution in [0.3, 0.4) is 0 Å². The lowest BCUT2D eigenvalue weighted by atomic mass is 10.1. The second-order valence-corrected chi connectivity index (χ2v) is 9.68. The van der Waals surface area contributed by atoms with Gasteiger partial charge in [-0.15, -0.1) is 0 Å². The van der Waals surface area contributed by atoms with Crippen LogP contribution >= 0.6 is 0 Å². The quantitative estimate of drug-likeness (QED) is 0.725. The second-order valence-electron chi connectivity index (χ2n) is 7.74. The maximum atomic E-state index is 12.9. The van der Waals surface area contributed by atoms with Crippen molar-refractivity contribution in [3.8, 4) is 5.75 Å². The van der Waals surface area contributed by atoms with Gasteiger partial charge in [-0.3, -0.25) is 4.79 Å². The van der Waals surface area contributed by atoms with Crippen LogP contribution in [-0.4, -0.2) is 56.3 Å². The number of piperazine rings is 1. The van der Waals surface area contributed by atoms with Crippen molar-refractivity contribution in [2.45, 2.75) is 25.7 Å². The Kier molecular flexibility index (Phi) is 6.59. The van der Waals surface area contributed by atoms with Crippen LogP contribution in [-0.2, 0) is 10.0 Å². The van der Waals surface area contributed by atoms with Gasteiger partial charge in [-0.1, -0.05) is 37.6 Å². The van der Waals surface area contributed by atoms with Crippen molar-refractivity contribution in [1.29, 1.82) is 0 Å². The Hall–Kier alpha value is -2.38. The lowest BCUT2D eigenvalue weighted by Gasteiger charge is -2.34. The molecule has 29 heavy (non-hydrogen) atoms. The molecule has 3 rings (SSSR count). The highest BCUT2D eigenvalue weighted by Crippen LogP contribution is 2.20. The van der Waals surface area contributed by atoms with E-state index in [-0.39, 0.29) is 23.9 Å². The minimum atomic E-state index is -3.54. The van der Waals surface area contributed by atoms with E-state index in [1.54, 1.807) is 47.4 Å². The van der Waals surface area contributed by atoms with Gasteiger partial charge in [0.05, 0.1) is 11.5 Å². The fourth-order valence-electron chi connectivity index (χ4n) is 3.16. The van der Waals surface area contributed by atoms with Crippen LogP contribution in [0.5, 0.6) is 5.75 Å². The van der Waals surface area contributed by atoms with Gasteiger partial charge in [-0.05, 0) is 43.2 Å². The van der Waals surface area contributed by atoms with E-state index in [0.717, 1.165) is 5.56 Å². The molecule has 0 radical (unpaired) electrons. The van der Waals surface area contributed by atoms with Gasteiger partial charge < -0.3 is 9.64 Å². The molecule has 1 aliphatic heterocycles. The average molecular weight is 417 g/mol. The summed E-state index contributed by atoms with van der Waals surface area (Å²) in [6.45, 7) is 7.94. The Labute approximate surface area is 173 Å². The third kappa shape index (κ3) is 5.16. The van der Waals surface area contributed by atoms with Crippen molar-refractivity contribution < 1.29 is 17.9 Å². The van der Waals surface area contributed by atoms with Crippen molar-refractivity contribution in [2.24, 2.45) is 5.92 Å². The van der Waals surface area contributed by atoms with E-state index in [2.05, 4.69) is 13.8 Å². The molecule has 156 valence electrons.